The molecule has 0 saturated carbocycles. The SMILES string of the molecule is C[Si](=O)[Si]=O. The van der Waals surface area contributed by atoms with E-state index in [0.29, 0.717) is 0 Å². The van der Waals surface area contributed by atoms with Crippen molar-refractivity contribution in [2.75, 3.05) is 0 Å². The van der Waals surface area contributed by atoms with E-state index in [2.05, 4.69) is 0 Å². The molecule has 0 unspecified atom stereocenters. The van der Waals surface area contributed by atoms with Gasteiger partial charge < -0.3 is 8.92 Å². The maximum Gasteiger partial charge on any atom is 0.377 e. The minimum atomic E-state index is -1.65. The number of hydrogen-bond donors (Lipinski definition) is 0. The van der Waals surface area contributed by atoms with Gasteiger partial charge >= 0.3 is 17.1 Å². The molecule has 0 amide bonds. The summed E-state index contributed by atoms with van der Waals surface area (Å²) in [5.74, 6) is 0. The zero-order valence-electron chi connectivity index (χ0n) is 2.82. The lowest BCUT2D eigenvalue weighted by molar-refractivity contribution is 0.559. The van der Waals surface area contributed by atoms with Crippen molar-refractivity contribution >= 4 is 17.1 Å². The van der Waals surface area contributed by atoms with Crippen LogP contribution in [0.25, 0.3) is 0 Å². The number of rotatable bonds is 1. The average molecular weight is 103 g/mol. The van der Waals surface area contributed by atoms with Crippen LogP contribution >= 0.6 is 0 Å². The Morgan fingerprint density at radius 2 is 2.00 bits per heavy atom. The van der Waals surface area contributed by atoms with Crippen molar-refractivity contribution in [2.24, 2.45) is 0 Å². The maximum atomic E-state index is 9.70. The molecule has 27 valence electrons. The van der Waals surface area contributed by atoms with Gasteiger partial charge in [0.25, 0.3) is 0 Å². The predicted molar refractivity (Wildman–Crippen MR) is 18.7 cm³/mol. The summed E-state index contributed by atoms with van der Waals surface area (Å²) in [6.07, 6.45) is 0. The summed E-state index contributed by atoms with van der Waals surface area (Å²) in [4.78, 5) is 0. The van der Waals surface area contributed by atoms with E-state index in [-0.39, 0.29) is 0 Å². The fourth-order valence-electron chi connectivity index (χ4n) is 0. The van der Waals surface area contributed by atoms with Crippen LogP contribution in [-0.2, 0) is 8.92 Å². The highest BCUT2D eigenvalue weighted by Crippen LogP contribution is 1.43. The normalized spacial score (nSPS) is 6.60. The molecule has 0 aromatic carbocycles. The molecule has 0 spiro atoms. The summed E-state index contributed by atoms with van der Waals surface area (Å²) < 4.78 is 19.1. The summed E-state index contributed by atoms with van der Waals surface area (Å²) in [6.45, 7) is 1.47. The molecule has 0 aliphatic carbocycles. The third kappa shape index (κ3) is 4.03. The minimum absolute atomic E-state index is 0.590. The third-order valence-electron chi connectivity index (χ3n) is 0.144. The monoisotopic (exact) mass is 103 g/mol. The highest BCUT2D eigenvalue weighted by atomic mass is 29.2. The van der Waals surface area contributed by atoms with Crippen molar-refractivity contribution in [3.63, 3.8) is 0 Å². The van der Waals surface area contributed by atoms with Gasteiger partial charge in [-0.25, -0.2) is 0 Å². The van der Waals surface area contributed by atoms with Gasteiger partial charge in [-0.2, -0.15) is 0 Å². The lowest BCUT2D eigenvalue weighted by Gasteiger charge is -1.50. The first-order valence-corrected chi connectivity index (χ1v) is 4.97. The first-order valence-electron chi connectivity index (χ1n) is 1.16. The molecule has 0 saturated heterocycles. The first-order chi connectivity index (χ1) is 2.27. The van der Waals surface area contributed by atoms with Crippen LogP contribution in [0.15, 0.2) is 0 Å². The topological polar surface area (TPSA) is 34.1 Å². The van der Waals surface area contributed by atoms with Crippen LogP contribution < -0.4 is 0 Å². The molecule has 0 aromatic rings. The van der Waals surface area contributed by atoms with Crippen molar-refractivity contribution in [2.45, 2.75) is 6.55 Å². The Morgan fingerprint density at radius 1 is 1.80 bits per heavy atom. The van der Waals surface area contributed by atoms with Gasteiger partial charge in [0, 0.05) is 0 Å². The third-order valence-corrected chi connectivity index (χ3v) is 1.29. The minimum Gasteiger partial charge on any atom is -0.385 e. The second-order valence-corrected chi connectivity index (χ2v) is 4.70. The Bertz CT molecular complexity index is 58.7. The lowest BCUT2D eigenvalue weighted by atomic mass is 11.9. The van der Waals surface area contributed by atoms with E-state index in [9.17, 15) is 8.92 Å². The summed E-state index contributed by atoms with van der Waals surface area (Å²) in [5, 5.41) is 0. The molecule has 0 N–H and O–H groups in total. The van der Waals surface area contributed by atoms with Crippen LogP contribution in [0.5, 0.6) is 0 Å². The summed E-state index contributed by atoms with van der Waals surface area (Å²) >= 11 is 0. The molecule has 0 bridgehead atoms. The van der Waals surface area contributed by atoms with Gasteiger partial charge in [0.2, 0.25) is 0 Å². The van der Waals surface area contributed by atoms with Gasteiger partial charge in [-0.1, -0.05) is 0 Å². The molecule has 0 aromatic heterocycles. The Kier molecular flexibility index (Phi) is 2.30. The van der Waals surface area contributed by atoms with Crippen LogP contribution in [0.4, 0.5) is 0 Å². The Morgan fingerprint density at radius 3 is 2.00 bits per heavy atom. The van der Waals surface area contributed by atoms with Crippen LogP contribution in [0.3, 0.4) is 0 Å². The van der Waals surface area contributed by atoms with Gasteiger partial charge in [0.15, 0.2) is 0 Å². The van der Waals surface area contributed by atoms with Gasteiger partial charge in [-0.15, -0.1) is 0 Å². The molecule has 0 atom stereocenters. The Balaban J connectivity index is 3.20. The molecular weight excluding hydrogens is 100 g/mol. The molecule has 4 heteroatoms. The van der Waals surface area contributed by atoms with Crippen LogP contribution in [0, 0.1) is 0 Å². The fourth-order valence-corrected chi connectivity index (χ4v) is 0. The van der Waals surface area contributed by atoms with E-state index in [0.717, 1.165) is 0 Å². The molecule has 2 nitrogen and oxygen atoms in total. The van der Waals surface area contributed by atoms with E-state index >= 15 is 0 Å². The first kappa shape index (κ1) is 5.03. The summed E-state index contributed by atoms with van der Waals surface area (Å²) in [7, 11) is -2.24. The number of hydrogen-bond acceptors (Lipinski definition) is 2. The standard InChI is InChI=1S/CH3O2Si2/c1-5(3)4-2/h1H3. The predicted octanol–water partition coefficient (Wildman–Crippen LogP) is -0.415. The molecule has 0 aliphatic rings. The van der Waals surface area contributed by atoms with Crippen molar-refractivity contribution in [1.29, 1.82) is 0 Å². The van der Waals surface area contributed by atoms with Gasteiger partial charge in [0.05, 0.1) is 0 Å². The van der Waals surface area contributed by atoms with E-state index in [1.54, 1.807) is 0 Å². The van der Waals surface area contributed by atoms with Crippen molar-refractivity contribution in [3.8, 4) is 0 Å². The van der Waals surface area contributed by atoms with E-state index in [1.165, 1.54) is 6.55 Å². The highest BCUT2D eigenvalue weighted by molar-refractivity contribution is 6.96. The fraction of sp³-hybridized carbons (Fsp3) is 1.00. The smallest absolute Gasteiger partial charge is 0.377 e. The van der Waals surface area contributed by atoms with Crippen LogP contribution in [0.2, 0.25) is 6.55 Å². The lowest BCUT2D eigenvalue weighted by Crippen LogP contribution is -1.92. The largest absolute Gasteiger partial charge is 0.385 e. The molecule has 0 fully saturated rings. The van der Waals surface area contributed by atoms with Gasteiger partial charge in [0.1, 0.15) is 0 Å². The van der Waals surface area contributed by atoms with Gasteiger partial charge in [-0.3, -0.25) is 0 Å². The van der Waals surface area contributed by atoms with Crippen LogP contribution in [-0.4, -0.2) is 17.1 Å². The van der Waals surface area contributed by atoms with E-state index < -0.39 is 17.1 Å². The van der Waals surface area contributed by atoms with E-state index in [1.807, 2.05) is 0 Å². The van der Waals surface area contributed by atoms with Crippen molar-refractivity contribution in [1.82, 2.24) is 0 Å². The highest BCUT2D eigenvalue weighted by Gasteiger charge is 1.87. The molecular formula is CH3O2Si2. The second-order valence-electron chi connectivity index (χ2n) is 0.658. The quantitative estimate of drug-likeness (QED) is 0.423. The average Bonchev–Trinajstić information content (AvgIpc) is 1.38. The molecule has 5 heavy (non-hydrogen) atoms. The summed E-state index contributed by atoms with van der Waals surface area (Å²) in [6, 6.07) is 0. The van der Waals surface area contributed by atoms with E-state index in [4.69, 9.17) is 0 Å². The van der Waals surface area contributed by atoms with Crippen molar-refractivity contribution in [3.05, 3.63) is 0 Å². The summed E-state index contributed by atoms with van der Waals surface area (Å²) in [5.41, 5.74) is 0. The molecule has 1 radical (unpaired) electrons. The Hall–Kier alpha value is 0.0338. The molecule has 0 aliphatic heterocycles. The Labute approximate surface area is 33.5 Å². The molecule has 0 rings (SSSR count). The van der Waals surface area contributed by atoms with Gasteiger partial charge in [-0.05, 0) is 6.55 Å². The molecule has 0 heterocycles. The zero-order valence-corrected chi connectivity index (χ0v) is 4.82. The second kappa shape index (κ2) is 2.28. The maximum absolute atomic E-state index is 9.70. The van der Waals surface area contributed by atoms with Crippen LogP contribution in [0.1, 0.15) is 0 Å². The van der Waals surface area contributed by atoms with Crippen molar-refractivity contribution < 1.29 is 8.92 Å². The zero-order chi connectivity index (χ0) is 4.28.